The minimum absolute atomic E-state index is 0.216. The Kier molecular flexibility index (Phi) is 5.10. The number of nitrogens with zero attached hydrogens (tertiary/aromatic N) is 5. The van der Waals surface area contributed by atoms with Gasteiger partial charge in [-0.2, -0.15) is 0 Å². The molecule has 1 fully saturated rings. The second kappa shape index (κ2) is 8.31. The first-order chi connectivity index (χ1) is 16.9. The highest BCUT2D eigenvalue weighted by Gasteiger charge is 2.39. The van der Waals surface area contributed by atoms with Gasteiger partial charge in [0, 0.05) is 38.2 Å². The molecule has 10 heteroatoms. The molecule has 1 unspecified atom stereocenters. The molecule has 2 aromatic carbocycles. The van der Waals surface area contributed by atoms with Gasteiger partial charge in [-0.3, -0.25) is 24.6 Å². The zero-order valence-electron chi connectivity index (χ0n) is 19.0. The Morgan fingerprint density at radius 1 is 1.00 bits per heavy atom. The predicted molar refractivity (Wildman–Crippen MR) is 123 cm³/mol. The third kappa shape index (κ3) is 3.95. The van der Waals surface area contributed by atoms with Crippen molar-refractivity contribution in [2.24, 2.45) is 0 Å². The van der Waals surface area contributed by atoms with Crippen LogP contribution in [-0.2, 0) is 35.6 Å². The lowest BCUT2D eigenvalue weighted by atomic mass is 9.99. The third-order valence-corrected chi connectivity index (χ3v) is 6.98. The Hall–Kier alpha value is -4.05. The molecule has 3 aromatic rings. The average Bonchev–Trinajstić information content (AvgIpc) is 3.43. The number of carbonyl (C=O) groups is 3. The second-order valence-electron chi connectivity index (χ2n) is 9.31. The largest absolute Gasteiger partial charge is 0.508 e. The number of aromatic hydroxyl groups is 1. The molecule has 0 saturated carbocycles. The number of benzene rings is 2. The van der Waals surface area contributed by atoms with Crippen molar-refractivity contribution in [3.8, 4) is 11.4 Å². The van der Waals surface area contributed by atoms with Gasteiger partial charge in [-0.1, -0.05) is 17.3 Å². The lowest BCUT2D eigenvalue weighted by molar-refractivity contribution is -0.136. The van der Waals surface area contributed by atoms with E-state index >= 15 is 0 Å². The number of nitrogens with one attached hydrogen (secondary N) is 1. The molecule has 1 aromatic heterocycles. The molecule has 0 radical (unpaired) electrons. The van der Waals surface area contributed by atoms with E-state index in [1.54, 1.807) is 16.8 Å². The Balaban J connectivity index is 1.16. The van der Waals surface area contributed by atoms with Gasteiger partial charge in [-0.05, 0) is 53.8 Å². The first-order valence-corrected chi connectivity index (χ1v) is 11.7. The van der Waals surface area contributed by atoms with E-state index in [0.29, 0.717) is 25.1 Å². The molecule has 3 amide bonds. The molecular formula is C25H24N6O4. The number of piperidine rings is 1. The van der Waals surface area contributed by atoms with Crippen LogP contribution in [0.15, 0.2) is 42.6 Å². The topological polar surface area (TPSA) is 121 Å². The highest BCUT2D eigenvalue weighted by Crippen LogP contribution is 2.29. The number of amides is 3. The molecule has 2 N–H and O–H groups in total. The van der Waals surface area contributed by atoms with Crippen LogP contribution >= 0.6 is 0 Å². The van der Waals surface area contributed by atoms with E-state index in [0.717, 1.165) is 42.0 Å². The van der Waals surface area contributed by atoms with Crippen LogP contribution in [0, 0.1) is 0 Å². The van der Waals surface area contributed by atoms with E-state index in [4.69, 9.17) is 0 Å². The number of hydrogen-bond acceptors (Lipinski definition) is 7. The number of imide groups is 1. The molecule has 1 saturated heterocycles. The zero-order chi connectivity index (χ0) is 24.1. The normalized spacial score (nSPS) is 20.1. The van der Waals surface area contributed by atoms with Crippen LogP contribution in [0.2, 0.25) is 0 Å². The smallest absolute Gasteiger partial charge is 0.255 e. The van der Waals surface area contributed by atoms with E-state index in [1.807, 2.05) is 30.5 Å². The highest BCUT2D eigenvalue weighted by atomic mass is 16.3. The van der Waals surface area contributed by atoms with Gasteiger partial charge in [0.1, 0.15) is 11.8 Å². The number of aromatic nitrogens is 3. The van der Waals surface area contributed by atoms with Crippen LogP contribution in [0.5, 0.6) is 5.75 Å². The van der Waals surface area contributed by atoms with Gasteiger partial charge in [-0.25, -0.2) is 4.68 Å². The summed E-state index contributed by atoms with van der Waals surface area (Å²) in [6, 6.07) is 10.4. The molecule has 0 spiro atoms. The number of phenols is 1. The molecule has 178 valence electrons. The van der Waals surface area contributed by atoms with E-state index in [-0.39, 0.29) is 24.0 Å². The van der Waals surface area contributed by atoms with Crippen molar-refractivity contribution >= 4 is 17.7 Å². The van der Waals surface area contributed by atoms with Crippen molar-refractivity contribution in [3.63, 3.8) is 0 Å². The van der Waals surface area contributed by atoms with E-state index in [2.05, 4.69) is 20.5 Å². The van der Waals surface area contributed by atoms with Crippen LogP contribution in [0.4, 0.5) is 0 Å². The van der Waals surface area contributed by atoms with Crippen molar-refractivity contribution in [2.45, 2.75) is 44.9 Å². The van der Waals surface area contributed by atoms with Gasteiger partial charge >= 0.3 is 0 Å². The summed E-state index contributed by atoms with van der Waals surface area (Å²) in [4.78, 5) is 40.6. The Labute approximate surface area is 201 Å². The SMILES string of the molecule is O=C1CCC(N2Cc3ccc(-n4cc(CN5CCc6ccc(O)cc6C5)nn4)cc3C2=O)C(=O)N1. The first-order valence-electron chi connectivity index (χ1n) is 11.7. The lowest BCUT2D eigenvalue weighted by Crippen LogP contribution is -2.52. The Morgan fingerprint density at radius 3 is 2.71 bits per heavy atom. The summed E-state index contributed by atoms with van der Waals surface area (Å²) in [5.74, 6) is -0.656. The minimum Gasteiger partial charge on any atom is -0.508 e. The summed E-state index contributed by atoms with van der Waals surface area (Å²) in [5.41, 5.74) is 5.30. The maximum absolute atomic E-state index is 13.1. The summed E-state index contributed by atoms with van der Waals surface area (Å²) in [7, 11) is 0. The number of carbonyl (C=O) groups excluding carboxylic acids is 3. The van der Waals surface area contributed by atoms with Gasteiger partial charge in [-0.15, -0.1) is 5.10 Å². The molecule has 3 aliphatic heterocycles. The van der Waals surface area contributed by atoms with Gasteiger partial charge in [0.2, 0.25) is 11.8 Å². The van der Waals surface area contributed by atoms with Gasteiger partial charge in [0.25, 0.3) is 5.91 Å². The maximum Gasteiger partial charge on any atom is 0.255 e. The lowest BCUT2D eigenvalue weighted by Gasteiger charge is -2.29. The fourth-order valence-electron chi connectivity index (χ4n) is 5.15. The summed E-state index contributed by atoms with van der Waals surface area (Å²) in [6.45, 7) is 2.60. The standard InChI is InChI=1S/C25H24N6O4/c32-20-4-2-15-7-8-29(11-17(15)9-20)13-18-14-31(28-27-18)19-3-1-16-12-30(25(35)21(16)10-19)22-5-6-23(33)26-24(22)34/h1-4,9-10,14,22,32H,5-8,11-13H2,(H,26,33,34). The van der Waals surface area contributed by atoms with E-state index in [1.165, 1.54) is 10.5 Å². The van der Waals surface area contributed by atoms with Crippen LogP contribution in [-0.4, -0.2) is 60.2 Å². The first kappa shape index (κ1) is 21.5. The van der Waals surface area contributed by atoms with E-state index < -0.39 is 11.9 Å². The fraction of sp³-hybridized carbons (Fsp3) is 0.320. The van der Waals surface area contributed by atoms with Gasteiger partial charge in [0.05, 0.1) is 17.6 Å². The van der Waals surface area contributed by atoms with Crippen molar-refractivity contribution in [3.05, 3.63) is 70.5 Å². The highest BCUT2D eigenvalue weighted by molar-refractivity contribution is 6.05. The summed E-state index contributed by atoms with van der Waals surface area (Å²) in [5, 5.41) is 20.7. The molecule has 1 atom stereocenters. The molecule has 3 aliphatic rings. The average molecular weight is 473 g/mol. The van der Waals surface area contributed by atoms with Crippen molar-refractivity contribution in [2.75, 3.05) is 6.54 Å². The quantitative estimate of drug-likeness (QED) is 0.549. The van der Waals surface area contributed by atoms with Gasteiger partial charge in [0.15, 0.2) is 0 Å². The Morgan fingerprint density at radius 2 is 1.86 bits per heavy atom. The van der Waals surface area contributed by atoms with Crippen LogP contribution in [0.1, 0.15) is 45.6 Å². The van der Waals surface area contributed by atoms with Gasteiger partial charge < -0.3 is 10.0 Å². The molecule has 0 bridgehead atoms. The number of fused-ring (bicyclic) bond motifs is 2. The summed E-state index contributed by atoms with van der Waals surface area (Å²) >= 11 is 0. The molecule has 0 aliphatic carbocycles. The van der Waals surface area contributed by atoms with Crippen molar-refractivity contribution in [1.29, 1.82) is 0 Å². The molecule has 35 heavy (non-hydrogen) atoms. The molecule has 4 heterocycles. The monoisotopic (exact) mass is 472 g/mol. The predicted octanol–water partition coefficient (Wildman–Crippen LogP) is 1.29. The summed E-state index contributed by atoms with van der Waals surface area (Å²) < 4.78 is 1.65. The second-order valence-corrected chi connectivity index (χ2v) is 9.31. The zero-order valence-corrected chi connectivity index (χ0v) is 19.0. The van der Waals surface area contributed by atoms with Crippen LogP contribution in [0.3, 0.4) is 0 Å². The Bertz CT molecular complexity index is 1370. The number of hydrogen-bond donors (Lipinski definition) is 2. The minimum atomic E-state index is -0.634. The van der Waals surface area contributed by atoms with Crippen LogP contribution in [0.25, 0.3) is 5.69 Å². The molecular weight excluding hydrogens is 448 g/mol. The number of rotatable bonds is 4. The third-order valence-electron chi connectivity index (χ3n) is 6.98. The molecule has 10 nitrogen and oxygen atoms in total. The summed E-state index contributed by atoms with van der Waals surface area (Å²) in [6.07, 6.45) is 3.34. The molecule has 6 rings (SSSR count). The maximum atomic E-state index is 13.1. The fourth-order valence-corrected chi connectivity index (χ4v) is 5.15. The van der Waals surface area contributed by atoms with Crippen molar-refractivity contribution in [1.82, 2.24) is 30.1 Å². The number of phenolic OH excluding ortho intramolecular Hbond substituents is 1. The van der Waals surface area contributed by atoms with Crippen molar-refractivity contribution < 1.29 is 19.5 Å². The van der Waals surface area contributed by atoms with E-state index in [9.17, 15) is 19.5 Å². The van der Waals surface area contributed by atoms with Crippen LogP contribution < -0.4 is 5.32 Å².